The van der Waals surface area contributed by atoms with Crippen LogP contribution in [0.1, 0.15) is 17.3 Å². The van der Waals surface area contributed by atoms with E-state index in [4.69, 9.17) is 27.8 Å². The summed E-state index contributed by atoms with van der Waals surface area (Å²) in [6.45, 7) is 0. The van der Waals surface area contributed by atoms with Gasteiger partial charge in [-0.15, -0.1) is 0 Å². The van der Waals surface area contributed by atoms with Crippen LogP contribution in [0.4, 0.5) is 5.82 Å². The number of aromatic nitrogens is 3. The van der Waals surface area contributed by atoms with Crippen molar-refractivity contribution < 1.29 is 4.74 Å². The summed E-state index contributed by atoms with van der Waals surface area (Å²) < 4.78 is 5.02. The third-order valence-corrected chi connectivity index (χ3v) is 2.65. The van der Waals surface area contributed by atoms with Crippen LogP contribution < -0.4 is 16.2 Å². The maximum atomic E-state index is 6.09. The van der Waals surface area contributed by atoms with E-state index in [2.05, 4.69) is 15.0 Å². The van der Waals surface area contributed by atoms with E-state index in [1.807, 2.05) is 0 Å². The first-order valence-electron chi connectivity index (χ1n) is 5.14. The van der Waals surface area contributed by atoms with Gasteiger partial charge in [0.2, 0.25) is 5.88 Å². The minimum absolute atomic E-state index is 0.324. The molecule has 18 heavy (non-hydrogen) atoms. The normalized spacial score (nSPS) is 12.2. The van der Waals surface area contributed by atoms with Crippen LogP contribution in [0.15, 0.2) is 24.7 Å². The standard InChI is InChI=1S/C11H12ClN5O/c1-18-9-3-8(16-5-17-9)10(13)7-2-6(12)4-15-11(7)14/h2-5,10H,13H2,1H3,(H2,14,15). The molecule has 0 saturated heterocycles. The number of nitrogens with zero attached hydrogens (tertiary/aromatic N) is 3. The number of hydrogen-bond acceptors (Lipinski definition) is 6. The Morgan fingerprint density at radius 1 is 1.28 bits per heavy atom. The van der Waals surface area contributed by atoms with E-state index in [1.54, 1.807) is 12.1 Å². The largest absolute Gasteiger partial charge is 0.481 e. The Morgan fingerprint density at radius 2 is 2.06 bits per heavy atom. The molecule has 0 aliphatic carbocycles. The predicted molar refractivity (Wildman–Crippen MR) is 68.3 cm³/mol. The van der Waals surface area contributed by atoms with Gasteiger partial charge in [0.25, 0.3) is 0 Å². The van der Waals surface area contributed by atoms with E-state index >= 15 is 0 Å². The van der Waals surface area contributed by atoms with Crippen molar-refractivity contribution in [1.29, 1.82) is 0 Å². The molecule has 1 unspecified atom stereocenters. The number of rotatable bonds is 3. The summed E-state index contributed by atoms with van der Waals surface area (Å²) in [5.41, 5.74) is 13.1. The molecule has 0 spiro atoms. The lowest BCUT2D eigenvalue weighted by molar-refractivity contribution is 0.395. The Balaban J connectivity index is 2.40. The van der Waals surface area contributed by atoms with Crippen molar-refractivity contribution in [2.24, 2.45) is 5.73 Å². The molecule has 2 aromatic rings. The molecule has 2 rings (SSSR count). The number of anilines is 1. The fourth-order valence-electron chi connectivity index (χ4n) is 1.51. The van der Waals surface area contributed by atoms with E-state index in [-0.39, 0.29) is 0 Å². The lowest BCUT2D eigenvalue weighted by Gasteiger charge is -2.13. The summed E-state index contributed by atoms with van der Waals surface area (Å²) >= 11 is 5.88. The van der Waals surface area contributed by atoms with Gasteiger partial charge in [-0.05, 0) is 6.07 Å². The molecule has 94 valence electrons. The third kappa shape index (κ3) is 2.49. The fraction of sp³-hybridized carbons (Fsp3) is 0.182. The van der Waals surface area contributed by atoms with Gasteiger partial charge < -0.3 is 16.2 Å². The molecule has 6 nitrogen and oxygen atoms in total. The van der Waals surface area contributed by atoms with Crippen molar-refractivity contribution >= 4 is 17.4 Å². The Bertz CT molecular complexity index is 563. The molecule has 4 N–H and O–H groups in total. The van der Waals surface area contributed by atoms with Crippen molar-refractivity contribution in [3.05, 3.63) is 40.9 Å². The number of nitrogens with two attached hydrogens (primary N) is 2. The highest BCUT2D eigenvalue weighted by Crippen LogP contribution is 2.25. The topological polar surface area (TPSA) is 99.9 Å². The molecule has 2 heterocycles. The second-order valence-electron chi connectivity index (χ2n) is 3.59. The minimum atomic E-state index is -0.534. The van der Waals surface area contributed by atoms with E-state index in [0.29, 0.717) is 28.0 Å². The first-order valence-corrected chi connectivity index (χ1v) is 5.52. The van der Waals surface area contributed by atoms with Gasteiger partial charge in [-0.3, -0.25) is 0 Å². The maximum absolute atomic E-state index is 6.09. The highest BCUT2D eigenvalue weighted by Gasteiger charge is 2.15. The smallest absolute Gasteiger partial charge is 0.216 e. The van der Waals surface area contributed by atoms with Crippen molar-refractivity contribution in [2.75, 3.05) is 12.8 Å². The SMILES string of the molecule is COc1cc(C(N)c2cc(Cl)cnc2N)ncn1. The Hall–Kier alpha value is -1.92. The summed E-state index contributed by atoms with van der Waals surface area (Å²) in [5, 5.41) is 0.468. The van der Waals surface area contributed by atoms with Crippen LogP contribution in [-0.2, 0) is 0 Å². The second kappa shape index (κ2) is 5.16. The molecule has 0 fully saturated rings. The number of methoxy groups -OCH3 is 1. The molecule has 1 atom stereocenters. The van der Waals surface area contributed by atoms with Crippen LogP contribution in [0.2, 0.25) is 5.02 Å². The maximum Gasteiger partial charge on any atom is 0.216 e. The van der Waals surface area contributed by atoms with Gasteiger partial charge >= 0.3 is 0 Å². The molecule has 0 amide bonds. The quantitative estimate of drug-likeness (QED) is 0.864. The molecule has 0 aromatic carbocycles. The zero-order valence-electron chi connectivity index (χ0n) is 9.67. The van der Waals surface area contributed by atoms with Crippen LogP contribution in [0, 0.1) is 0 Å². The summed E-state index contributed by atoms with van der Waals surface area (Å²) in [6.07, 6.45) is 2.84. The molecular formula is C11H12ClN5O. The van der Waals surface area contributed by atoms with E-state index in [1.165, 1.54) is 19.6 Å². The zero-order chi connectivity index (χ0) is 13.1. The van der Waals surface area contributed by atoms with Crippen molar-refractivity contribution in [1.82, 2.24) is 15.0 Å². The highest BCUT2D eigenvalue weighted by molar-refractivity contribution is 6.30. The second-order valence-corrected chi connectivity index (χ2v) is 4.03. The van der Waals surface area contributed by atoms with Crippen molar-refractivity contribution in [3.8, 4) is 5.88 Å². The zero-order valence-corrected chi connectivity index (χ0v) is 10.4. The third-order valence-electron chi connectivity index (χ3n) is 2.44. The highest BCUT2D eigenvalue weighted by atomic mass is 35.5. The van der Waals surface area contributed by atoms with Gasteiger partial charge in [-0.1, -0.05) is 11.6 Å². The number of halogens is 1. The molecule has 0 radical (unpaired) electrons. The van der Waals surface area contributed by atoms with Crippen molar-refractivity contribution in [2.45, 2.75) is 6.04 Å². The first-order chi connectivity index (χ1) is 8.61. The summed E-state index contributed by atoms with van der Waals surface area (Å²) in [7, 11) is 1.52. The van der Waals surface area contributed by atoms with Crippen LogP contribution >= 0.6 is 11.6 Å². The Morgan fingerprint density at radius 3 is 2.78 bits per heavy atom. The summed E-state index contributed by atoms with van der Waals surface area (Å²) in [6, 6.07) is 2.78. The number of ether oxygens (including phenoxy) is 1. The van der Waals surface area contributed by atoms with E-state index in [0.717, 1.165) is 0 Å². The number of nitrogen functional groups attached to an aromatic ring is 1. The number of pyridine rings is 1. The summed E-state index contributed by atoms with van der Waals surface area (Å²) in [4.78, 5) is 12.0. The summed E-state index contributed by atoms with van der Waals surface area (Å²) in [5.74, 6) is 0.758. The van der Waals surface area contributed by atoms with Gasteiger partial charge in [-0.2, -0.15) is 0 Å². The van der Waals surface area contributed by atoms with E-state index < -0.39 is 6.04 Å². The molecule has 0 saturated carbocycles. The molecule has 0 aliphatic heterocycles. The number of hydrogen-bond donors (Lipinski definition) is 2. The molecular weight excluding hydrogens is 254 g/mol. The van der Waals surface area contributed by atoms with Crippen molar-refractivity contribution in [3.63, 3.8) is 0 Å². The average Bonchev–Trinajstić information content (AvgIpc) is 2.41. The predicted octanol–water partition coefficient (Wildman–Crippen LogP) is 1.16. The Labute approximate surface area is 109 Å². The van der Waals surface area contributed by atoms with Crippen LogP contribution in [0.3, 0.4) is 0 Å². The molecule has 0 aliphatic rings. The van der Waals surface area contributed by atoms with Gasteiger partial charge in [0, 0.05) is 17.8 Å². The van der Waals surface area contributed by atoms with Gasteiger partial charge in [0.05, 0.1) is 23.9 Å². The van der Waals surface area contributed by atoms with Gasteiger partial charge in [0.15, 0.2) is 0 Å². The lowest BCUT2D eigenvalue weighted by atomic mass is 10.1. The molecule has 2 aromatic heterocycles. The lowest BCUT2D eigenvalue weighted by Crippen LogP contribution is -2.16. The van der Waals surface area contributed by atoms with Gasteiger partial charge in [-0.25, -0.2) is 15.0 Å². The first kappa shape index (κ1) is 12.5. The van der Waals surface area contributed by atoms with Crippen LogP contribution in [0.5, 0.6) is 5.88 Å². The van der Waals surface area contributed by atoms with Gasteiger partial charge in [0.1, 0.15) is 12.1 Å². The fourth-order valence-corrected chi connectivity index (χ4v) is 1.68. The molecule has 0 bridgehead atoms. The average molecular weight is 266 g/mol. The molecule has 7 heteroatoms. The minimum Gasteiger partial charge on any atom is -0.481 e. The monoisotopic (exact) mass is 265 g/mol. The Kier molecular flexibility index (Phi) is 3.59. The van der Waals surface area contributed by atoms with Crippen LogP contribution in [0.25, 0.3) is 0 Å². The van der Waals surface area contributed by atoms with E-state index in [9.17, 15) is 0 Å². The van der Waals surface area contributed by atoms with Crippen LogP contribution in [-0.4, -0.2) is 22.1 Å².